The number of nitrogens with two attached hydrogens (primary N) is 1. The van der Waals surface area contributed by atoms with Crippen molar-refractivity contribution in [3.05, 3.63) is 29.8 Å². The first kappa shape index (κ1) is 17.5. The van der Waals surface area contributed by atoms with Gasteiger partial charge in [-0.3, -0.25) is 4.79 Å². The van der Waals surface area contributed by atoms with Crippen molar-refractivity contribution in [2.75, 3.05) is 32.5 Å². The summed E-state index contributed by atoms with van der Waals surface area (Å²) in [4.78, 5) is 14.8. The molecule has 0 radical (unpaired) electrons. The highest BCUT2D eigenvalue weighted by Gasteiger charge is 2.33. The summed E-state index contributed by atoms with van der Waals surface area (Å²) in [5, 5.41) is 0. The molecule has 0 aliphatic carbocycles. The molecule has 0 spiro atoms. The lowest BCUT2D eigenvalue weighted by Crippen LogP contribution is -2.46. The summed E-state index contributed by atoms with van der Waals surface area (Å²) < 4.78 is 5.13. The van der Waals surface area contributed by atoms with Crippen LogP contribution in [0.4, 0.5) is 5.69 Å². The summed E-state index contributed by atoms with van der Waals surface area (Å²) in [5.74, 6) is 0.547. The van der Waals surface area contributed by atoms with Crippen molar-refractivity contribution in [1.29, 1.82) is 0 Å². The van der Waals surface area contributed by atoms with Crippen molar-refractivity contribution in [3.63, 3.8) is 0 Å². The van der Waals surface area contributed by atoms with Crippen molar-refractivity contribution in [2.45, 2.75) is 33.1 Å². The fourth-order valence-electron chi connectivity index (χ4n) is 2.34. The fourth-order valence-corrected chi connectivity index (χ4v) is 2.34. The molecule has 1 aromatic rings. The quantitative estimate of drug-likeness (QED) is 0.786. The van der Waals surface area contributed by atoms with Gasteiger partial charge in [0.25, 0.3) is 0 Å². The van der Waals surface area contributed by atoms with Crippen molar-refractivity contribution in [2.24, 2.45) is 5.92 Å². The maximum absolute atomic E-state index is 12.9. The van der Waals surface area contributed by atoms with E-state index in [4.69, 9.17) is 10.5 Å². The number of anilines is 1. The Morgan fingerprint density at radius 3 is 2.33 bits per heavy atom. The Balaban J connectivity index is 2.96. The third kappa shape index (κ3) is 4.74. The molecule has 0 aliphatic heterocycles. The van der Waals surface area contributed by atoms with Crippen molar-refractivity contribution in [3.8, 4) is 0 Å². The van der Waals surface area contributed by atoms with E-state index in [1.54, 1.807) is 7.11 Å². The second-order valence-corrected chi connectivity index (χ2v) is 6.38. The van der Waals surface area contributed by atoms with E-state index in [9.17, 15) is 4.79 Å². The van der Waals surface area contributed by atoms with Crippen LogP contribution in [0.5, 0.6) is 0 Å². The van der Waals surface area contributed by atoms with Crippen LogP contribution in [-0.2, 0) is 14.9 Å². The summed E-state index contributed by atoms with van der Waals surface area (Å²) in [7, 11) is 1.66. The Morgan fingerprint density at radius 2 is 1.86 bits per heavy atom. The molecule has 0 atom stereocenters. The SMILES string of the molecule is COCCN(CC(C)C)C(=O)C(C)(C)c1ccc(N)cc1. The van der Waals surface area contributed by atoms with Gasteiger partial charge in [-0.25, -0.2) is 0 Å². The normalized spacial score (nSPS) is 11.7. The van der Waals surface area contributed by atoms with Crippen LogP contribution in [0.25, 0.3) is 0 Å². The molecule has 0 bridgehead atoms. The predicted octanol–water partition coefficient (Wildman–Crippen LogP) is 2.68. The van der Waals surface area contributed by atoms with Gasteiger partial charge in [0, 0.05) is 25.9 Å². The van der Waals surface area contributed by atoms with E-state index < -0.39 is 5.41 Å². The maximum Gasteiger partial charge on any atom is 0.232 e. The van der Waals surface area contributed by atoms with Gasteiger partial charge < -0.3 is 15.4 Å². The van der Waals surface area contributed by atoms with E-state index in [1.807, 2.05) is 43.0 Å². The molecular weight excluding hydrogens is 264 g/mol. The maximum atomic E-state index is 12.9. The number of methoxy groups -OCH3 is 1. The highest BCUT2D eigenvalue weighted by Crippen LogP contribution is 2.27. The van der Waals surface area contributed by atoms with E-state index >= 15 is 0 Å². The summed E-state index contributed by atoms with van der Waals surface area (Å²) in [6.45, 7) is 10.1. The molecule has 0 saturated heterocycles. The minimum Gasteiger partial charge on any atom is -0.399 e. The first-order chi connectivity index (χ1) is 9.78. The van der Waals surface area contributed by atoms with Crippen molar-refractivity contribution >= 4 is 11.6 Å². The molecule has 4 heteroatoms. The zero-order valence-corrected chi connectivity index (χ0v) is 13.8. The van der Waals surface area contributed by atoms with Crippen LogP contribution in [0.1, 0.15) is 33.3 Å². The van der Waals surface area contributed by atoms with Crippen LogP contribution < -0.4 is 5.73 Å². The lowest BCUT2D eigenvalue weighted by atomic mass is 9.83. The van der Waals surface area contributed by atoms with Crippen LogP contribution in [0.15, 0.2) is 24.3 Å². The Kier molecular flexibility index (Phi) is 6.21. The number of ether oxygens (including phenoxy) is 1. The van der Waals surface area contributed by atoms with Gasteiger partial charge in [-0.2, -0.15) is 0 Å². The van der Waals surface area contributed by atoms with Crippen LogP contribution >= 0.6 is 0 Å². The zero-order chi connectivity index (χ0) is 16.0. The number of amides is 1. The summed E-state index contributed by atoms with van der Waals surface area (Å²) in [5.41, 5.74) is 6.84. The first-order valence-electron chi connectivity index (χ1n) is 7.43. The third-order valence-electron chi connectivity index (χ3n) is 3.61. The molecule has 1 aromatic carbocycles. The highest BCUT2D eigenvalue weighted by molar-refractivity contribution is 5.87. The molecule has 0 aliphatic rings. The van der Waals surface area contributed by atoms with Crippen molar-refractivity contribution in [1.82, 2.24) is 4.90 Å². The Hall–Kier alpha value is -1.55. The van der Waals surface area contributed by atoms with Crippen LogP contribution in [0.3, 0.4) is 0 Å². The lowest BCUT2D eigenvalue weighted by Gasteiger charge is -2.33. The van der Waals surface area contributed by atoms with Gasteiger partial charge in [-0.1, -0.05) is 26.0 Å². The number of carbonyl (C=O) groups is 1. The predicted molar refractivity (Wildman–Crippen MR) is 87.2 cm³/mol. The second-order valence-electron chi connectivity index (χ2n) is 6.38. The molecule has 1 rings (SSSR count). The molecule has 1 amide bonds. The average molecular weight is 292 g/mol. The smallest absolute Gasteiger partial charge is 0.232 e. The largest absolute Gasteiger partial charge is 0.399 e. The van der Waals surface area contributed by atoms with E-state index in [0.29, 0.717) is 24.8 Å². The Bertz CT molecular complexity index is 452. The number of rotatable bonds is 7. The number of nitrogens with zero attached hydrogens (tertiary/aromatic N) is 1. The number of benzene rings is 1. The zero-order valence-electron chi connectivity index (χ0n) is 13.8. The molecule has 0 heterocycles. The number of hydrogen-bond donors (Lipinski definition) is 1. The van der Waals surface area contributed by atoms with Gasteiger partial charge in [-0.15, -0.1) is 0 Å². The highest BCUT2D eigenvalue weighted by atomic mass is 16.5. The Labute approximate surface area is 128 Å². The molecule has 2 N–H and O–H groups in total. The van der Waals surface area contributed by atoms with E-state index in [1.165, 1.54) is 0 Å². The number of nitrogen functional groups attached to an aromatic ring is 1. The standard InChI is InChI=1S/C17H28N2O2/c1-13(2)12-19(10-11-21-5)16(20)17(3,4)14-6-8-15(18)9-7-14/h6-9,13H,10-12,18H2,1-5H3. The van der Waals surface area contributed by atoms with Gasteiger partial charge in [0.05, 0.1) is 12.0 Å². The summed E-state index contributed by atoms with van der Waals surface area (Å²) in [6, 6.07) is 7.53. The van der Waals surface area contributed by atoms with E-state index in [0.717, 1.165) is 12.1 Å². The number of hydrogen-bond acceptors (Lipinski definition) is 3. The van der Waals surface area contributed by atoms with E-state index in [2.05, 4.69) is 13.8 Å². The first-order valence-corrected chi connectivity index (χ1v) is 7.43. The molecule has 0 fully saturated rings. The van der Waals surface area contributed by atoms with Crippen LogP contribution in [0, 0.1) is 5.92 Å². The number of carbonyl (C=O) groups excluding carboxylic acids is 1. The van der Waals surface area contributed by atoms with Crippen LogP contribution in [0.2, 0.25) is 0 Å². The van der Waals surface area contributed by atoms with Gasteiger partial charge >= 0.3 is 0 Å². The van der Waals surface area contributed by atoms with E-state index in [-0.39, 0.29) is 5.91 Å². The summed E-state index contributed by atoms with van der Waals surface area (Å²) >= 11 is 0. The molecule has 0 aromatic heterocycles. The molecule has 0 unspecified atom stereocenters. The molecule has 4 nitrogen and oxygen atoms in total. The van der Waals surface area contributed by atoms with Gasteiger partial charge in [0.1, 0.15) is 0 Å². The third-order valence-corrected chi connectivity index (χ3v) is 3.61. The lowest BCUT2D eigenvalue weighted by molar-refractivity contribution is -0.137. The topological polar surface area (TPSA) is 55.6 Å². The second kappa shape index (κ2) is 7.46. The van der Waals surface area contributed by atoms with Gasteiger partial charge in [0.15, 0.2) is 0 Å². The van der Waals surface area contributed by atoms with Gasteiger partial charge in [0.2, 0.25) is 5.91 Å². The minimum absolute atomic E-state index is 0.123. The van der Waals surface area contributed by atoms with Crippen molar-refractivity contribution < 1.29 is 9.53 Å². The fraction of sp³-hybridized carbons (Fsp3) is 0.588. The minimum atomic E-state index is -0.573. The van der Waals surface area contributed by atoms with Crippen LogP contribution in [-0.4, -0.2) is 37.6 Å². The average Bonchev–Trinajstić information content (AvgIpc) is 2.42. The Morgan fingerprint density at radius 1 is 1.29 bits per heavy atom. The van der Waals surface area contributed by atoms with Gasteiger partial charge in [-0.05, 0) is 37.5 Å². The summed E-state index contributed by atoms with van der Waals surface area (Å²) in [6.07, 6.45) is 0. The molecule has 118 valence electrons. The molecule has 0 saturated carbocycles. The molecule has 21 heavy (non-hydrogen) atoms. The molecular formula is C17H28N2O2. The monoisotopic (exact) mass is 292 g/mol.